The maximum absolute atomic E-state index is 13.1. The average molecular weight is 476 g/mol. The Bertz CT molecular complexity index is 1040. The second kappa shape index (κ2) is 8.42. The minimum atomic E-state index is -4.55. The van der Waals surface area contributed by atoms with Gasteiger partial charge in [0.1, 0.15) is 5.69 Å². The summed E-state index contributed by atoms with van der Waals surface area (Å²) in [5.41, 5.74) is 1.56. The van der Waals surface area contributed by atoms with Gasteiger partial charge in [-0.15, -0.1) is 0 Å². The van der Waals surface area contributed by atoms with E-state index in [2.05, 4.69) is 0 Å². The maximum atomic E-state index is 13.1. The van der Waals surface area contributed by atoms with Gasteiger partial charge in [-0.3, -0.25) is 0 Å². The molecular formula is C21H16Cl3F3N2O. The molecule has 2 heterocycles. The molecule has 1 fully saturated rings. The van der Waals surface area contributed by atoms with Crippen LogP contribution in [0.25, 0.3) is 16.9 Å². The molecule has 1 aliphatic rings. The summed E-state index contributed by atoms with van der Waals surface area (Å²) < 4.78 is 46.4. The Balaban J connectivity index is 1.88. The van der Waals surface area contributed by atoms with Gasteiger partial charge in [0.2, 0.25) is 0 Å². The number of hydrogen-bond acceptors (Lipinski definition) is 2. The summed E-state index contributed by atoms with van der Waals surface area (Å²) in [6, 6.07) is 10.7. The molecule has 30 heavy (non-hydrogen) atoms. The third kappa shape index (κ3) is 4.33. The van der Waals surface area contributed by atoms with Gasteiger partial charge in [-0.2, -0.15) is 18.3 Å². The van der Waals surface area contributed by atoms with Crippen molar-refractivity contribution >= 4 is 34.8 Å². The summed E-state index contributed by atoms with van der Waals surface area (Å²) in [6.07, 6.45) is -2.93. The van der Waals surface area contributed by atoms with E-state index in [4.69, 9.17) is 44.6 Å². The lowest BCUT2D eigenvalue weighted by Gasteiger charge is -2.20. The molecule has 9 heteroatoms. The third-order valence-corrected chi connectivity index (χ3v) is 5.89. The molecule has 3 aromatic rings. The van der Waals surface area contributed by atoms with Gasteiger partial charge in [-0.1, -0.05) is 46.9 Å². The highest BCUT2D eigenvalue weighted by atomic mass is 35.5. The highest BCUT2D eigenvalue weighted by Crippen LogP contribution is 2.40. The zero-order valence-corrected chi connectivity index (χ0v) is 17.8. The van der Waals surface area contributed by atoms with Crippen molar-refractivity contribution < 1.29 is 17.9 Å². The predicted molar refractivity (Wildman–Crippen MR) is 112 cm³/mol. The highest BCUT2D eigenvalue weighted by Gasteiger charge is 2.33. The van der Waals surface area contributed by atoms with E-state index in [-0.39, 0.29) is 21.7 Å². The van der Waals surface area contributed by atoms with Gasteiger partial charge in [0, 0.05) is 29.7 Å². The molecule has 0 saturated carbocycles. The van der Waals surface area contributed by atoms with Crippen LogP contribution in [-0.4, -0.2) is 23.0 Å². The van der Waals surface area contributed by atoms with Gasteiger partial charge in [-0.25, -0.2) is 4.68 Å². The van der Waals surface area contributed by atoms with Gasteiger partial charge in [0.15, 0.2) is 0 Å². The van der Waals surface area contributed by atoms with E-state index in [0.717, 1.165) is 36.2 Å². The van der Waals surface area contributed by atoms with Crippen LogP contribution in [0.5, 0.6) is 0 Å². The molecule has 0 radical (unpaired) electrons. The van der Waals surface area contributed by atoms with Gasteiger partial charge < -0.3 is 4.74 Å². The molecule has 1 aliphatic heterocycles. The number of benzene rings is 2. The normalized spacial score (nSPS) is 15.5. The summed E-state index contributed by atoms with van der Waals surface area (Å²) in [6.45, 7) is 1.27. The molecule has 0 unspecified atom stereocenters. The predicted octanol–water partition coefficient (Wildman–Crippen LogP) is 7.41. The topological polar surface area (TPSA) is 27.1 Å². The number of nitrogens with zero attached hydrogens (tertiary/aromatic N) is 2. The van der Waals surface area contributed by atoms with Crippen molar-refractivity contribution in [3.8, 4) is 16.9 Å². The summed E-state index contributed by atoms with van der Waals surface area (Å²) in [5.74, 6) is 0.179. The molecule has 2 aromatic carbocycles. The van der Waals surface area contributed by atoms with Gasteiger partial charge in [0.05, 0.1) is 27.0 Å². The third-order valence-electron chi connectivity index (χ3n) is 5.06. The molecule has 0 N–H and O–H groups in total. The first-order valence-corrected chi connectivity index (χ1v) is 10.4. The minimum absolute atomic E-state index is 0.133. The molecule has 158 valence electrons. The number of alkyl halides is 3. The molecule has 3 nitrogen and oxygen atoms in total. The summed E-state index contributed by atoms with van der Waals surface area (Å²) in [4.78, 5) is 0. The van der Waals surface area contributed by atoms with Crippen LogP contribution in [0.2, 0.25) is 15.1 Å². The summed E-state index contributed by atoms with van der Waals surface area (Å²) in [7, 11) is 0. The number of aromatic nitrogens is 2. The molecule has 0 atom stereocenters. The molecule has 1 aromatic heterocycles. The van der Waals surface area contributed by atoms with E-state index < -0.39 is 11.7 Å². The summed E-state index contributed by atoms with van der Waals surface area (Å²) >= 11 is 18.5. The molecule has 1 saturated heterocycles. The Hall–Kier alpha value is -1.73. The van der Waals surface area contributed by atoms with Crippen molar-refractivity contribution in [2.24, 2.45) is 0 Å². The SMILES string of the molecule is FC(F)(F)c1cc(Cl)c(-n2nc(C3CCOCC3)cc2-c2ccc(Cl)cc2)c(Cl)c1. The zero-order chi connectivity index (χ0) is 21.5. The van der Waals surface area contributed by atoms with Crippen LogP contribution in [0.3, 0.4) is 0 Å². The van der Waals surface area contributed by atoms with E-state index in [1.165, 1.54) is 4.68 Å². The first-order valence-electron chi connectivity index (χ1n) is 9.24. The Morgan fingerprint density at radius 2 is 1.53 bits per heavy atom. The molecule has 0 bridgehead atoms. The zero-order valence-electron chi connectivity index (χ0n) is 15.5. The van der Waals surface area contributed by atoms with E-state index in [1.807, 2.05) is 18.2 Å². The molecular weight excluding hydrogens is 460 g/mol. The van der Waals surface area contributed by atoms with Gasteiger partial charge in [-0.05, 0) is 43.2 Å². The van der Waals surface area contributed by atoms with Gasteiger partial charge >= 0.3 is 6.18 Å². The Labute approximate surface area is 186 Å². The fourth-order valence-corrected chi connectivity index (χ4v) is 4.29. The lowest BCUT2D eigenvalue weighted by molar-refractivity contribution is -0.137. The average Bonchev–Trinajstić information content (AvgIpc) is 3.13. The second-order valence-corrected chi connectivity index (χ2v) is 8.30. The number of rotatable bonds is 3. The van der Waals surface area contributed by atoms with E-state index >= 15 is 0 Å². The Kier molecular flexibility index (Phi) is 6.04. The van der Waals surface area contributed by atoms with Crippen LogP contribution in [0, 0.1) is 0 Å². The van der Waals surface area contributed by atoms with Crippen molar-refractivity contribution in [1.29, 1.82) is 0 Å². The van der Waals surface area contributed by atoms with Crippen molar-refractivity contribution in [1.82, 2.24) is 9.78 Å². The number of hydrogen-bond donors (Lipinski definition) is 0. The largest absolute Gasteiger partial charge is 0.416 e. The lowest BCUT2D eigenvalue weighted by atomic mass is 9.96. The van der Waals surface area contributed by atoms with E-state index in [0.29, 0.717) is 23.9 Å². The van der Waals surface area contributed by atoms with Crippen molar-refractivity contribution in [3.05, 3.63) is 68.8 Å². The fraction of sp³-hybridized carbons (Fsp3) is 0.286. The van der Waals surface area contributed by atoms with E-state index in [9.17, 15) is 13.2 Å². The highest BCUT2D eigenvalue weighted by molar-refractivity contribution is 6.38. The Morgan fingerprint density at radius 1 is 0.933 bits per heavy atom. The number of ether oxygens (including phenoxy) is 1. The molecule has 0 aliphatic carbocycles. The second-order valence-electron chi connectivity index (χ2n) is 7.05. The van der Waals surface area contributed by atoms with Crippen LogP contribution >= 0.6 is 34.8 Å². The van der Waals surface area contributed by atoms with Crippen LogP contribution < -0.4 is 0 Å². The molecule has 4 rings (SSSR count). The maximum Gasteiger partial charge on any atom is 0.416 e. The first kappa shape index (κ1) is 21.5. The smallest absolute Gasteiger partial charge is 0.381 e. The quantitative estimate of drug-likeness (QED) is 0.394. The van der Waals surface area contributed by atoms with Crippen LogP contribution in [0.15, 0.2) is 42.5 Å². The molecule has 0 spiro atoms. The van der Waals surface area contributed by atoms with Crippen molar-refractivity contribution in [2.45, 2.75) is 24.9 Å². The number of halogens is 6. The van der Waals surface area contributed by atoms with E-state index in [1.54, 1.807) is 12.1 Å². The summed E-state index contributed by atoms with van der Waals surface area (Å²) in [5, 5.41) is 5.00. The Morgan fingerprint density at radius 3 is 2.10 bits per heavy atom. The standard InChI is InChI=1S/C21H16Cl3F3N2O/c22-15-3-1-13(2-4-15)19-11-18(12-5-7-30-8-6-12)28-29(19)20-16(23)9-14(10-17(20)24)21(25,26)27/h1-4,9-12H,5-8H2. The van der Waals surface area contributed by atoms with Crippen LogP contribution in [-0.2, 0) is 10.9 Å². The monoisotopic (exact) mass is 474 g/mol. The van der Waals surface area contributed by atoms with Crippen molar-refractivity contribution in [2.75, 3.05) is 13.2 Å². The van der Waals surface area contributed by atoms with Crippen LogP contribution in [0.1, 0.15) is 30.0 Å². The van der Waals surface area contributed by atoms with Gasteiger partial charge in [0.25, 0.3) is 0 Å². The minimum Gasteiger partial charge on any atom is -0.381 e. The van der Waals surface area contributed by atoms with Crippen molar-refractivity contribution in [3.63, 3.8) is 0 Å². The first-order chi connectivity index (χ1) is 14.2. The molecule has 0 amide bonds. The van der Waals surface area contributed by atoms with Crippen LogP contribution in [0.4, 0.5) is 13.2 Å². The fourth-order valence-electron chi connectivity index (χ4n) is 3.52. The lowest BCUT2D eigenvalue weighted by Crippen LogP contribution is -2.15.